The van der Waals surface area contributed by atoms with Crippen LogP contribution in [0.5, 0.6) is 11.5 Å². The van der Waals surface area contributed by atoms with Crippen LogP contribution in [0.15, 0.2) is 48.2 Å². The molecule has 2 aromatic rings. The standard InChI is InChI=1S/C20H19N3O6/c1-12-3-4-13(2)18(7-12)29-16-9-14(8-15(10-16)23(27)28)21-17-11-19(25)22(5-6-24)20(17)26/h3-4,7-11,21,24H,5-6H2,1-2H3. The van der Waals surface area contributed by atoms with Crippen LogP contribution in [-0.4, -0.2) is 39.9 Å². The zero-order valence-corrected chi connectivity index (χ0v) is 15.8. The molecule has 9 nitrogen and oxygen atoms in total. The van der Waals surface area contributed by atoms with E-state index in [0.29, 0.717) is 5.75 Å². The minimum Gasteiger partial charge on any atom is -0.457 e. The van der Waals surface area contributed by atoms with Gasteiger partial charge in [0.25, 0.3) is 17.5 Å². The number of nitro groups is 1. The molecule has 0 aromatic heterocycles. The molecule has 2 N–H and O–H groups in total. The van der Waals surface area contributed by atoms with Gasteiger partial charge < -0.3 is 15.2 Å². The molecule has 29 heavy (non-hydrogen) atoms. The van der Waals surface area contributed by atoms with Crippen molar-refractivity contribution in [2.24, 2.45) is 0 Å². The molecule has 0 radical (unpaired) electrons. The van der Waals surface area contributed by atoms with Crippen LogP contribution in [0.3, 0.4) is 0 Å². The number of non-ortho nitro benzene ring substituents is 1. The SMILES string of the molecule is Cc1ccc(C)c(Oc2cc(NC3=CC(=O)N(CCO)C3=O)cc([N+](=O)[O-])c2)c1. The summed E-state index contributed by atoms with van der Waals surface area (Å²) in [5.74, 6) is -0.423. The summed E-state index contributed by atoms with van der Waals surface area (Å²) < 4.78 is 5.83. The minimum atomic E-state index is -0.618. The maximum atomic E-state index is 12.3. The van der Waals surface area contributed by atoms with Gasteiger partial charge in [0.05, 0.1) is 24.1 Å². The first-order valence-corrected chi connectivity index (χ1v) is 8.78. The number of ether oxygens (including phenoxy) is 1. The molecule has 0 atom stereocenters. The molecule has 0 aliphatic carbocycles. The van der Waals surface area contributed by atoms with Crippen molar-refractivity contribution in [1.82, 2.24) is 4.90 Å². The number of aliphatic hydroxyl groups excluding tert-OH is 1. The number of nitrogens with one attached hydrogen (secondary N) is 1. The average molecular weight is 397 g/mol. The highest BCUT2D eigenvalue weighted by molar-refractivity contribution is 6.17. The molecule has 2 aromatic carbocycles. The van der Waals surface area contributed by atoms with E-state index in [2.05, 4.69) is 5.32 Å². The predicted octanol–water partition coefficient (Wildman–Crippen LogP) is 2.66. The van der Waals surface area contributed by atoms with Gasteiger partial charge in [-0.3, -0.25) is 24.6 Å². The molecule has 1 heterocycles. The fourth-order valence-electron chi connectivity index (χ4n) is 2.83. The molecule has 3 rings (SSSR count). The van der Waals surface area contributed by atoms with Crippen molar-refractivity contribution in [3.8, 4) is 11.5 Å². The Labute approximate surface area is 166 Å². The van der Waals surface area contributed by atoms with E-state index < -0.39 is 16.7 Å². The Kier molecular flexibility index (Phi) is 5.60. The Hall–Kier alpha value is -3.72. The zero-order valence-electron chi connectivity index (χ0n) is 15.8. The first kappa shape index (κ1) is 20.0. The molecule has 0 saturated carbocycles. The van der Waals surface area contributed by atoms with E-state index in [0.717, 1.165) is 22.1 Å². The first-order valence-electron chi connectivity index (χ1n) is 8.78. The highest BCUT2D eigenvalue weighted by Crippen LogP contribution is 2.32. The van der Waals surface area contributed by atoms with Crippen LogP contribution in [0.1, 0.15) is 11.1 Å². The number of aryl methyl sites for hydroxylation is 2. The number of nitro benzene ring substituents is 1. The summed E-state index contributed by atoms with van der Waals surface area (Å²) in [6.45, 7) is 3.27. The van der Waals surface area contributed by atoms with Crippen LogP contribution in [0, 0.1) is 24.0 Å². The summed E-state index contributed by atoms with van der Waals surface area (Å²) in [6, 6.07) is 9.64. The van der Waals surface area contributed by atoms with Crippen molar-refractivity contribution in [2.75, 3.05) is 18.5 Å². The zero-order chi connectivity index (χ0) is 21.1. The fourth-order valence-corrected chi connectivity index (χ4v) is 2.83. The van der Waals surface area contributed by atoms with Crippen LogP contribution in [0.4, 0.5) is 11.4 Å². The van der Waals surface area contributed by atoms with Crippen LogP contribution >= 0.6 is 0 Å². The van der Waals surface area contributed by atoms with Gasteiger partial charge in [-0.25, -0.2) is 0 Å². The Morgan fingerprint density at radius 2 is 1.93 bits per heavy atom. The van der Waals surface area contributed by atoms with Crippen molar-refractivity contribution in [3.63, 3.8) is 0 Å². The van der Waals surface area contributed by atoms with Crippen molar-refractivity contribution in [2.45, 2.75) is 13.8 Å². The van der Waals surface area contributed by atoms with Gasteiger partial charge in [0, 0.05) is 23.9 Å². The van der Waals surface area contributed by atoms with Crippen molar-refractivity contribution in [1.29, 1.82) is 0 Å². The maximum absolute atomic E-state index is 12.3. The quantitative estimate of drug-likeness (QED) is 0.418. The number of amides is 2. The third kappa shape index (κ3) is 4.41. The molecule has 150 valence electrons. The highest BCUT2D eigenvalue weighted by atomic mass is 16.6. The third-order valence-corrected chi connectivity index (χ3v) is 4.29. The maximum Gasteiger partial charge on any atom is 0.277 e. The summed E-state index contributed by atoms with van der Waals surface area (Å²) in [4.78, 5) is 35.8. The molecular formula is C20H19N3O6. The van der Waals surface area contributed by atoms with Gasteiger partial charge >= 0.3 is 0 Å². The van der Waals surface area contributed by atoms with Crippen LogP contribution in [-0.2, 0) is 9.59 Å². The number of hydrogen-bond acceptors (Lipinski definition) is 7. The number of β-amino-alcohol motifs (C(OH)–C–C–N with tert-alkyl or cyclic N) is 1. The second-order valence-electron chi connectivity index (χ2n) is 6.55. The third-order valence-electron chi connectivity index (χ3n) is 4.29. The molecule has 0 unspecified atom stereocenters. The highest BCUT2D eigenvalue weighted by Gasteiger charge is 2.31. The van der Waals surface area contributed by atoms with Crippen molar-refractivity contribution in [3.05, 3.63) is 69.4 Å². The molecule has 1 aliphatic heterocycles. The van der Waals surface area contributed by atoms with E-state index in [9.17, 15) is 19.7 Å². The van der Waals surface area contributed by atoms with E-state index in [1.165, 1.54) is 18.2 Å². The summed E-state index contributed by atoms with van der Waals surface area (Å²) in [6.07, 6.45) is 1.09. The van der Waals surface area contributed by atoms with Crippen LogP contribution in [0.25, 0.3) is 0 Å². The monoisotopic (exact) mass is 397 g/mol. The number of carbonyl (C=O) groups is 2. The van der Waals surface area contributed by atoms with E-state index in [1.54, 1.807) is 0 Å². The van der Waals surface area contributed by atoms with E-state index in [-0.39, 0.29) is 36.0 Å². The minimum absolute atomic E-state index is 0.0402. The largest absolute Gasteiger partial charge is 0.457 e. The van der Waals surface area contributed by atoms with Crippen LogP contribution in [0.2, 0.25) is 0 Å². The Morgan fingerprint density at radius 3 is 2.62 bits per heavy atom. The molecule has 2 amide bonds. The number of anilines is 1. The number of aliphatic hydroxyl groups is 1. The fraction of sp³-hybridized carbons (Fsp3) is 0.200. The summed E-state index contributed by atoms with van der Waals surface area (Å²) in [7, 11) is 0. The number of benzene rings is 2. The second kappa shape index (κ2) is 8.11. The lowest BCUT2D eigenvalue weighted by molar-refractivity contribution is -0.384. The lowest BCUT2D eigenvalue weighted by Crippen LogP contribution is -2.34. The molecular weight excluding hydrogens is 378 g/mol. The van der Waals surface area contributed by atoms with Crippen LogP contribution < -0.4 is 10.1 Å². The normalized spacial score (nSPS) is 13.5. The van der Waals surface area contributed by atoms with Gasteiger partial charge in [0.15, 0.2) is 0 Å². The number of hydrogen-bond donors (Lipinski definition) is 2. The molecule has 0 saturated heterocycles. The Morgan fingerprint density at radius 1 is 1.17 bits per heavy atom. The number of nitrogens with zero attached hydrogens (tertiary/aromatic N) is 2. The van der Waals surface area contributed by atoms with Gasteiger partial charge in [-0.2, -0.15) is 0 Å². The number of imide groups is 1. The van der Waals surface area contributed by atoms with Crippen molar-refractivity contribution < 1.29 is 24.4 Å². The lowest BCUT2D eigenvalue weighted by Gasteiger charge is -2.14. The van der Waals surface area contributed by atoms with Gasteiger partial charge in [-0.15, -0.1) is 0 Å². The number of carbonyl (C=O) groups excluding carboxylic acids is 2. The summed E-state index contributed by atoms with van der Waals surface area (Å²) >= 11 is 0. The predicted molar refractivity (Wildman–Crippen MR) is 105 cm³/mol. The molecule has 0 bridgehead atoms. The van der Waals surface area contributed by atoms with Crippen molar-refractivity contribution >= 4 is 23.2 Å². The molecule has 1 aliphatic rings. The second-order valence-corrected chi connectivity index (χ2v) is 6.55. The average Bonchev–Trinajstić information content (AvgIpc) is 2.92. The molecule has 9 heteroatoms. The lowest BCUT2D eigenvalue weighted by atomic mass is 10.1. The number of rotatable bonds is 7. The topological polar surface area (TPSA) is 122 Å². The Bertz CT molecular complexity index is 1030. The van der Waals surface area contributed by atoms with E-state index >= 15 is 0 Å². The van der Waals surface area contributed by atoms with E-state index in [4.69, 9.17) is 9.84 Å². The first-order chi connectivity index (χ1) is 13.8. The summed E-state index contributed by atoms with van der Waals surface area (Å²) in [5.41, 5.74) is 1.77. The Balaban J connectivity index is 1.91. The molecule has 0 fully saturated rings. The summed E-state index contributed by atoms with van der Waals surface area (Å²) in [5, 5.41) is 23.0. The smallest absolute Gasteiger partial charge is 0.277 e. The van der Waals surface area contributed by atoms with Gasteiger partial charge in [-0.1, -0.05) is 12.1 Å². The molecule has 0 spiro atoms. The van der Waals surface area contributed by atoms with Gasteiger partial charge in [0.1, 0.15) is 17.2 Å². The van der Waals surface area contributed by atoms with E-state index in [1.807, 2.05) is 32.0 Å². The van der Waals surface area contributed by atoms with Gasteiger partial charge in [0.2, 0.25) is 0 Å². The van der Waals surface area contributed by atoms with Gasteiger partial charge in [-0.05, 0) is 31.0 Å².